The molecule has 0 unspecified atom stereocenters. The number of H-pyrrole nitrogens is 1. The molecule has 3 heterocycles. The number of nitrogens with one attached hydrogen (secondary N) is 1. The predicted molar refractivity (Wildman–Crippen MR) is 85.5 cm³/mol. The number of imidazole rings is 1. The molecule has 0 atom stereocenters. The maximum atomic E-state index is 5.44. The van der Waals surface area contributed by atoms with Crippen LogP contribution in [0.25, 0.3) is 22.6 Å². The first kappa shape index (κ1) is 13.5. The minimum absolute atomic E-state index is 0.757. The van der Waals surface area contributed by atoms with Crippen LogP contribution in [0.5, 0.6) is 0 Å². The van der Waals surface area contributed by atoms with Crippen molar-refractivity contribution in [1.29, 1.82) is 0 Å². The number of hydrogen-bond acceptors (Lipinski definition) is 4. The highest BCUT2D eigenvalue weighted by molar-refractivity contribution is 5.68. The molecule has 1 aromatic carbocycles. The van der Waals surface area contributed by atoms with Crippen LogP contribution in [0.1, 0.15) is 5.69 Å². The minimum atomic E-state index is 0.757. The molecule has 114 valence electrons. The molecular weight excluding hydrogens is 290 g/mol. The zero-order valence-electron chi connectivity index (χ0n) is 12.4. The molecule has 0 radical (unpaired) electrons. The summed E-state index contributed by atoms with van der Waals surface area (Å²) in [5.41, 5.74) is 3.98. The Labute approximate surface area is 132 Å². The summed E-state index contributed by atoms with van der Waals surface area (Å²) in [4.78, 5) is 7.10. The lowest BCUT2D eigenvalue weighted by molar-refractivity contribution is 0.582. The highest BCUT2D eigenvalue weighted by Crippen LogP contribution is 2.25. The molecule has 0 spiro atoms. The van der Waals surface area contributed by atoms with Crippen molar-refractivity contribution in [2.24, 2.45) is 0 Å². The first-order valence-electron chi connectivity index (χ1n) is 7.40. The average Bonchev–Trinajstić information content (AvgIpc) is 3.35. The van der Waals surface area contributed by atoms with Crippen LogP contribution in [0, 0.1) is 0 Å². The third-order valence-electron chi connectivity index (χ3n) is 3.67. The van der Waals surface area contributed by atoms with Gasteiger partial charge in [0.25, 0.3) is 0 Å². The zero-order valence-corrected chi connectivity index (χ0v) is 12.4. The van der Waals surface area contributed by atoms with Gasteiger partial charge in [0.2, 0.25) is 0 Å². The second kappa shape index (κ2) is 5.92. The van der Waals surface area contributed by atoms with Crippen molar-refractivity contribution in [2.75, 3.05) is 0 Å². The number of benzene rings is 1. The van der Waals surface area contributed by atoms with Crippen LogP contribution in [0.4, 0.5) is 0 Å². The fourth-order valence-corrected chi connectivity index (χ4v) is 2.47. The Hall–Kier alpha value is -3.15. The second-order valence-corrected chi connectivity index (χ2v) is 5.25. The van der Waals surface area contributed by atoms with E-state index < -0.39 is 0 Å². The molecule has 0 aliphatic heterocycles. The van der Waals surface area contributed by atoms with E-state index in [-0.39, 0.29) is 0 Å². The van der Waals surface area contributed by atoms with Crippen LogP contribution < -0.4 is 0 Å². The Morgan fingerprint density at radius 3 is 2.91 bits per heavy atom. The fraction of sp³-hybridized carbons (Fsp3) is 0.118. The molecule has 6 nitrogen and oxygen atoms in total. The van der Waals surface area contributed by atoms with Gasteiger partial charge in [-0.15, -0.1) is 5.10 Å². The lowest BCUT2D eigenvalue weighted by atomic mass is 10.1. The Bertz CT molecular complexity index is 878. The number of aromatic amines is 1. The predicted octanol–water partition coefficient (Wildman–Crippen LogP) is 3.17. The molecular formula is C17H15N5O. The number of nitrogens with zero attached hydrogens (tertiary/aromatic N) is 4. The number of hydrogen-bond donors (Lipinski definition) is 1. The van der Waals surface area contributed by atoms with Crippen molar-refractivity contribution in [3.8, 4) is 22.6 Å². The van der Waals surface area contributed by atoms with E-state index in [1.54, 1.807) is 12.6 Å². The van der Waals surface area contributed by atoms with Crippen LogP contribution in [0.2, 0.25) is 0 Å². The molecule has 0 aliphatic rings. The lowest BCUT2D eigenvalue weighted by Gasteiger charge is -2.00. The summed E-state index contributed by atoms with van der Waals surface area (Å²) in [7, 11) is 0. The van der Waals surface area contributed by atoms with E-state index in [9.17, 15) is 0 Å². The van der Waals surface area contributed by atoms with Crippen LogP contribution >= 0.6 is 0 Å². The lowest BCUT2D eigenvalue weighted by Crippen LogP contribution is -2.02. The van der Waals surface area contributed by atoms with Gasteiger partial charge in [0.1, 0.15) is 11.5 Å². The van der Waals surface area contributed by atoms with Gasteiger partial charge in [0, 0.05) is 36.0 Å². The Morgan fingerprint density at radius 2 is 2.09 bits per heavy atom. The number of rotatable bonds is 5. The summed E-state index contributed by atoms with van der Waals surface area (Å²) >= 11 is 0. The van der Waals surface area contributed by atoms with Crippen LogP contribution in [-0.4, -0.2) is 25.0 Å². The van der Waals surface area contributed by atoms with Gasteiger partial charge < -0.3 is 9.40 Å². The Morgan fingerprint density at radius 1 is 1.13 bits per heavy atom. The first-order valence-corrected chi connectivity index (χ1v) is 7.40. The Balaban J connectivity index is 1.53. The molecule has 4 aromatic rings. The summed E-state index contributed by atoms with van der Waals surface area (Å²) in [5, 5.41) is 8.46. The van der Waals surface area contributed by atoms with Gasteiger partial charge in [-0.05, 0) is 18.2 Å². The monoisotopic (exact) mass is 305 g/mol. The van der Waals surface area contributed by atoms with E-state index in [0.29, 0.717) is 0 Å². The molecule has 6 heteroatoms. The van der Waals surface area contributed by atoms with Gasteiger partial charge >= 0.3 is 0 Å². The molecule has 0 fully saturated rings. The highest BCUT2D eigenvalue weighted by atomic mass is 16.3. The highest BCUT2D eigenvalue weighted by Gasteiger charge is 2.07. The molecule has 1 N–H and O–H groups in total. The van der Waals surface area contributed by atoms with Crippen molar-refractivity contribution in [3.05, 3.63) is 67.1 Å². The maximum Gasteiger partial charge on any atom is 0.133 e. The third-order valence-corrected chi connectivity index (χ3v) is 3.67. The van der Waals surface area contributed by atoms with Crippen LogP contribution in [-0.2, 0) is 13.0 Å². The summed E-state index contributed by atoms with van der Waals surface area (Å²) in [6.45, 7) is 0.757. The summed E-state index contributed by atoms with van der Waals surface area (Å²) < 4.78 is 7.29. The molecule has 23 heavy (non-hydrogen) atoms. The normalized spacial score (nSPS) is 11.0. The fourth-order valence-electron chi connectivity index (χ4n) is 2.47. The van der Waals surface area contributed by atoms with E-state index in [1.807, 2.05) is 47.4 Å². The van der Waals surface area contributed by atoms with E-state index in [1.165, 1.54) is 0 Å². The maximum absolute atomic E-state index is 5.44. The van der Waals surface area contributed by atoms with Crippen LogP contribution in [0.3, 0.4) is 0 Å². The van der Waals surface area contributed by atoms with E-state index in [0.717, 1.165) is 41.2 Å². The van der Waals surface area contributed by atoms with Crippen molar-refractivity contribution in [1.82, 2.24) is 25.0 Å². The molecule has 0 aliphatic carbocycles. The minimum Gasteiger partial charge on any atom is -0.464 e. The SMILES string of the molecule is c1cc(-c2cn(CCc3cnc[nH]3)nn2)cc(-c2ccco2)c1. The van der Waals surface area contributed by atoms with Crippen molar-refractivity contribution in [3.63, 3.8) is 0 Å². The third kappa shape index (κ3) is 2.91. The van der Waals surface area contributed by atoms with Gasteiger partial charge in [-0.2, -0.15) is 0 Å². The number of furan rings is 1. The summed E-state index contributed by atoms with van der Waals surface area (Å²) in [5.74, 6) is 0.846. The zero-order chi connectivity index (χ0) is 15.5. The van der Waals surface area contributed by atoms with Gasteiger partial charge in [-0.25, -0.2) is 4.98 Å². The average molecular weight is 305 g/mol. The molecule has 0 saturated heterocycles. The molecule has 4 rings (SSSR count). The quantitative estimate of drug-likeness (QED) is 0.614. The van der Waals surface area contributed by atoms with E-state index in [2.05, 4.69) is 26.3 Å². The van der Waals surface area contributed by atoms with Gasteiger partial charge in [0.15, 0.2) is 0 Å². The van der Waals surface area contributed by atoms with E-state index in [4.69, 9.17) is 4.42 Å². The van der Waals surface area contributed by atoms with Gasteiger partial charge in [0.05, 0.1) is 18.8 Å². The molecule has 0 amide bonds. The summed E-state index contributed by atoms with van der Waals surface area (Å²) in [6.07, 6.45) is 7.98. The molecule has 0 saturated carbocycles. The topological polar surface area (TPSA) is 72.5 Å². The Kier molecular flexibility index (Phi) is 3.48. The van der Waals surface area contributed by atoms with Crippen molar-refractivity contribution in [2.45, 2.75) is 13.0 Å². The van der Waals surface area contributed by atoms with Crippen molar-refractivity contribution >= 4 is 0 Å². The first-order chi connectivity index (χ1) is 11.4. The number of aryl methyl sites for hydroxylation is 2. The van der Waals surface area contributed by atoms with Gasteiger partial charge in [-0.3, -0.25) is 4.68 Å². The standard InChI is InChI=1S/C17H15N5O/c1-3-13(9-14(4-1)17-5-2-8-23-17)16-11-22(21-20-16)7-6-15-10-18-12-19-15/h1-5,8-12H,6-7H2,(H,18,19). The number of aromatic nitrogens is 5. The smallest absolute Gasteiger partial charge is 0.133 e. The van der Waals surface area contributed by atoms with Crippen LogP contribution in [0.15, 0.2) is 65.8 Å². The van der Waals surface area contributed by atoms with Crippen molar-refractivity contribution < 1.29 is 4.42 Å². The second-order valence-electron chi connectivity index (χ2n) is 5.25. The van der Waals surface area contributed by atoms with E-state index >= 15 is 0 Å². The van der Waals surface area contributed by atoms with Gasteiger partial charge in [-0.1, -0.05) is 23.4 Å². The largest absolute Gasteiger partial charge is 0.464 e. The molecule has 0 bridgehead atoms. The summed E-state index contributed by atoms with van der Waals surface area (Å²) in [6, 6.07) is 11.9. The molecule has 3 aromatic heterocycles.